The minimum absolute atomic E-state index is 0.0527. The Kier molecular flexibility index (Phi) is 5.16. The lowest BCUT2D eigenvalue weighted by atomic mass is 10.1. The van der Waals surface area contributed by atoms with Crippen LogP contribution >= 0.6 is 11.6 Å². The molecule has 0 N–H and O–H groups in total. The highest BCUT2D eigenvalue weighted by Crippen LogP contribution is 2.35. The van der Waals surface area contributed by atoms with Crippen molar-refractivity contribution >= 4 is 38.6 Å². The number of hydrogen-bond donors (Lipinski definition) is 0. The van der Waals surface area contributed by atoms with E-state index in [0.29, 0.717) is 30.8 Å². The normalized spacial score (nSPS) is 18.7. The van der Waals surface area contributed by atoms with E-state index in [2.05, 4.69) is 4.98 Å². The van der Waals surface area contributed by atoms with Crippen LogP contribution in [-0.2, 0) is 14.6 Å². The molecule has 148 valence electrons. The second kappa shape index (κ2) is 6.98. The molecule has 0 radical (unpaired) electrons. The summed E-state index contributed by atoms with van der Waals surface area (Å²) in [6.07, 6.45) is 0.482. The number of halogens is 1. The van der Waals surface area contributed by atoms with Crippen molar-refractivity contribution in [2.24, 2.45) is 0 Å². The quantitative estimate of drug-likeness (QED) is 0.738. The molecule has 0 aliphatic carbocycles. The fraction of sp³-hybridized carbons (Fsp3) is 0.556. The fourth-order valence-electron chi connectivity index (χ4n) is 3.17. The zero-order valence-corrected chi connectivity index (χ0v) is 17.4. The molecule has 0 unspecified atom stereocenters. The van der Waals surface area contributed by atoms with Crippen molar-refractivity contribution in [2.75, 3.05) is 13.1 Å². The Hall–Kier alpha value is -1.80. The summed E-state index contributed by atoms with van der Waals surface area (Å²) in [6, 6.07) is 3.13. The predicted octanol–water partition coefficient (Wildman–Crippen LogP) is 3.96. The van der Waals surface area contributed by atoms with Crippen LogP contribution in [0.15, 0.2) is 21.4 Å². The summed E-state index contributed by atoms with van der Waals surface area (Å²) in [5.74, 6) is 0.364. The minimum Gasteiger partial charge on any atom is -0.444 e. The van der Waals surface area contributed by atoms with E-state index in [1.165, 1.54) is 11.0 Å². The number of piperidine rings is 1. The molecule has 1 aromatic heterocycles. The lowest BCUT2D eigenvalue weighted by molar-refractivity contribution is 0.0219. The van der Waals surface area contributed by atoms with Crippen molar-refractivity contribution in [3.8, 4) is 0 Å². The van der Waals surface area contributed by atoms with Gasteiger partial charge in [0, 0.05) is 20.0 Å². The molecule has 9 heteroatoms. The number of sulfone groups is 1. The van der Waals surface area contributed by atoms with Gasteiger partial charge in [-0.05, 0) is 45.7 Å². The van der Waals surface area contributed by atoms with E-state index in [0.717, 1.165) is 0 Å². The van der Waals surface area contributed by atoms with Gasteiger partial charge < -0.3 is 14.1 Å². The molecule has 1 atom stereocenters. The Morgan fingerprint density at radius 1 is 1.37 bits per heavy atom. The average molecular weight is 415 g/mol. The topological polar surface area (TPSA) is 89.7 Å². The summed E-state index contributed by atoms with van der Waals surface area (Å²) < 4.78 is 37.6. The molecular formula is C18H23ClN2O5S. The monoisotopic (exact) mass is 414 g/mol. The van der Waals surface area contributed by atoms with Crippen LogP contribution in [0.3, 0.4) is 0 Å². The van der Waals surface area contributed by atoms with Gasteiger partial charge in [-0.25, -0.2) is 18.2 Å². The summed E-state index contributed by atoms with van der Waals surface area (Å²) in [4.78, 5) is 17.9. The van der Waals surface area contributed by atoms with Gasteiger partial charge in [0.2, 0.25) is 0 Å². The molecule has 3 rings (SSSR count). The molecule has 2 heterocycles. The van der Waals surface area contributed by atoms with Crippen molar-refractivity contribution in [3.63, 3.8) is 0 Å². The van der Waals surface area contributed by atoms with Crippen molar-refractivity contribution in [3.05, 3.63) is 23.0 Å². The van der Waals surface area contributed by atoms with Gasteiger partial charge in [0.25, 0.3) is 0 Å². The van der Waals surface area contributed by atoms with Gasteiger partial charge in [0.1, 0.15) is 16.0 Å². The number of carbonyl (C=O) groups is 1. The van der Waals surface area contributed by atoms with Crippen LogP contribution in [0.25, 0.3) is 11.1 Å². The molecular weight excluding hydrogens is 392 g/mol. The molecule has 0 spiro atoms. The SMILES string of the molecule is Cc1nc2ccc(Cl)c(S(=O)(=O)[C@H]3CCCN(C(=O)OC(C)(C)C)C3)c2o1. The van der Waals surface area contributed by atoms with Crippen LogP contribution in [0.4, 0.5) is 4.79 Å². The summed E-state index contributed by atoms with van der Waals surface area (Å²) >= 11 is 6.23. The fourth-order valence-corrected chi connectivity index (χ4v) is 5.57. The van der Waals surface area contributed by atoms with Crippen LogP contribution in [0.1, 0.15) is 39.5 Å². The number of nitrogens with zero attached hydrogens (tertiary/aromatic N) is 2. The molecule has 1 saturated heterocycles. The Morgan fingerprint density at radius 2 is 2.07 bits per heavy atom. The van der Waals surface area contributed by atoms with E-state index in [1.54, 1.807) is 33.8 Å². The first kappa shape index (κ1) is 19.9. The zero-order chi connectivity index (χ0) is 20.0. The summed E-state index contributed by atoms with van der Waals surface area (Å²) in [5.41, 5.74) is -0.0421. The van der Waals surface area contributed by atoms with Crippen molar-refractivity contribution in [2.45, 2.75) is 56.3 Å². The van der Waals surface area contributed by atoms with Gasteiger partial charge in [-0.3, -0.25) is 0 Å². The van der Waals surface area contributed by atoms with Crippen LogP contribution in [0.5, 0.6) is 0 Å². The second-order valence-electron chi connectivity index (χ2n) is 7.69. The van der Waals surface area contributed by atoms with E-state index in [9.17, 15) is 13.2 Å². The number of benzene rings is 1. The first-order valence-corrected chi connectivity index (χ1v) is 10.7. The first-order chi connectivity index (χ1) is 12.5. The third kappa shape index (κ3) is 4.06. The van der Waals surface area contributed by atoms with Gasteiger partial charge in [0.15, 0.2) is 21.3 Å². The maximum atomic E-state index is 13.3. The van der Waals surface area contributed by atoms with Gasteiger partial charge in [-0.1, -0.05) is 11.6 Å². The van der Waals surface area contributed by atoms with Crippen molar-refractivity contribution in [1.29, 1.82) is 0 Å². The average Bonchev–Trinajstić information content (AvgIpc) is 2.93. The van der Waals surface area contributed by atoms with Crippen LogP contribution in [0, 0.1) is 6.92 Å². The smallest absolute Gasteiger partial charge is 0.410 e. The molecule has 7 nitrogen and oxygen atoms in total. The molecule has 0 bridgehead atoms. The third-order valence-corrected chi connectivity index (χ3v) is 6.99. The number of fused-ring (bicyclic) bond motifs is 1. The van der Waals surface area contributed by atoms with Crippen molar-refractivity contribution < 1.29 is 22.4 Å². The van der Waals surface area contributed by atoms with Crippen LogP contribution in [0.2, 0.25) is 5.02 Å². The van der Waals surface area contributed by atoms with E-state index in [1.807, 2.05) is 0 Å². The number of hydrogen-bond acceptors (Lipinski definition) is 6. The van der Waals surface area contributed by atoms with Gasteiger partial charge in [-0.15, -0.1) is 0 Å². The van der Waals surface area contributed by atoms with Crippen LogP contribution in [-0.4, -0.2) is 48.3 Å². The Balaban J connectivity index is 1.94. The molecule has 1 fully saturated rings. The van der Waals surface area contributed by atoms with E-state index in [4.69, 9.17) is 20.8 Å². The summed E-state index contributed by atoms with van der Waals surface area (Å²) in [7, 11) is -3.83. The highest BCUT2D eigenvalue weighted by Gasteiger charge is 2.38. The predicted molar refractivity (Wildman–Crippen MR) is 102 cm³/mol. The molecule has 1 aliphatic heterocycles. The zero-order valence-electron chi connectivity index (χ0n) is 15.8. The van der Waals surface area contributed by atoms with Crippen LogP contribution < -0.4 is 0 Å². The van der Waals surface area contributed by atoms with Gasteiger partial charge >= 0.3 is 6.09 Å². The van der Waals surface area contributed by atoms with E-state index >= 15 is 0 Å². The molecule has 1 amide bonds. The lowest BCUT2D eigenvalue weighted by Gasteiger charge is -2.33. The van der Waals surface area contributed by atoms with E-state index < -0.39 is 26.8 Å². The van der Waals surface area contributed by atoms with Gasteiger partial charge in [0.05, 0.1) is 10.3 Å². The minimum atomic E-state index is -3.83. The number of likely N-dealkylation sites (tertiary alicyclic amines) is 1. The summed E-state index contributed by atoms with van der Waals surface area (Å²) in [5, 5.41) is -0.694. The largest absolute Gasteiger partial charge is 0.444 e. The Bertz CT molecular complexity index is 978. The second-order valence-corrected chi connectivity index (χ2v) is 10.3. The maximum absolute atomic E-state index is 13.3. The van der Waals surface area contributed by atoms with Crippen molar-refractivity contribution in [1.82, 2.24) is 9.88 Å². The number of carbonyl (C=O) groups excluding carboxylic acids is 1. The van der Waals surface area contributed by atoms with Gasteiger partial charge in [-0.2, -0.15) is 0 Å². The number of amides is 1. The molecule has 0 saturated carbocycles. The number of aryl methyl sites for hydroxylation is 1. The molecule has 1 aliphatic rings. The molecule has 2 aromatic rings. The maximum Gasteiger partial charge on any atom is 0.410 e. The highest BCUT2D eigenvalue weighted by atomic mass is 35.5. The molecule has 1 aromatic carbocycles. The highest BCUT2D eigenvalue weighted by molar-refractivity contribution is 7.92. The standard InChI is InChI=1S/C18H23ClN2O5S/c1-11-20-14-8-7-13(19)16(15(14)25-11)27(23,24)12-6-5-9-21(10-12)17(22)26-18(2,3)4/h7-8,12H,5-6,9-10H2,1-4H3/t12-/m0/s1. The Morgan fingerprint density at radius 3 is 2.74 bits per heavy atom. The molecule has 27 heavy (non-hydrogen) atoms. The number of rotatable bonds is 2. The lowest BCUT2D eigenvalue weighted by Crippen LogP contribution is -2.47. The van der Waals surface area contributed by atoms with E-state index in [-0.39, 0.29) is 22.0 Å². The summed E-state index contributed by atoms with van der Waals surface area (Å²) in [6.45, 7) is 7.48. The Labute approximate surface area is 163 Å². The number of ether oxygens (including phenoxy) is 1. The number of oxazole rings is 1. The third-order valence-electron chi connectivity index (χ3n) is 4.32. The first-order valence-electron chi connectivity index (χ1n) is 8.76. The number of aromatic nitrogens is 1.